The number of fused-ring (bicyclic) bond motifs is 1. The largest absolute Gasteiger partial charge is 0.443 e. The Balaban J connectivity index is 1.68. The van der Waals surface area contributed by atoms with Gasteiger partial charge in [0.05, 0.1) is 41.3 Å². The second-order valence-corrected chi connectivity index (χ2v) is 7.27. The van der Waals surface area contributed by atoms with E-state index in [1.807, 2.05) is 25.1 Å². The molecule has 156 valence electrons. The lowest BCUT2D eigenvalue weighted by molar-refractivity contribution is 0.540. The Bertz CT molecular complexity index is 1460. The number of rotatable bonds is 5. The van der Waals surface area contributed by atoms with Gasteiger partial charge in [-0.05, 0) is 37.3 Å². The lowest BCUT2D eigenvalue weighted by Crippen LogP contribution is -2.05. The monoisotopic (exact) mass is 422 g/mol. The minimum atomic E-state index is 0.451. The van der Waals surface area contributed by atoms with E-state index in [9.17, 15) is 5.26 Å². The number of oxazole rings is 1. The lowest BCUT2D eigenvalue weighted by Gasteiger charge is -2.10. The molecule has 0 saturated carbocycles. The van der Waals surface area contributed by atoms with Crippen LogP contribution in [0.2, 0.25) is 0 Å². The van der Waals surface area contributed by atoms with Crippen LogP contribution in [0.25, 0.3) is 33.6 Å². The van der Waals surface area contributed by atoms with Crippen LogP contribution in [-0.2, 0) is 13.0 Å². The highest BCUT2D eigenvalue weighted by atomic mass is 16.3. The van der Waals surface area contributed by atoms with Crippen molar-refractivity contribution in [2.24, 2.45) is 0 Å². The van der Waals surface area contributed by atoms with Crippen LogP contribution >= 0.6 is 0 Å². The number of nitrogens with zero attached hydrogens (tertiary/aromatic N) is 7. The van der Waals surface area contributed by atoms with Gasteiger partial charge in [0.15, 0.2) is 12.2 Å². The number of hydrogen-bond acceptors (Lipinski definition) is 8. The highest BCUT2D eigenvalue weighted by molar-refractivity contribution is 5.98. The summed E-state index contributed by atoms with van der Waals surface area (Å²) in [7, 11) is 0. The molecule has 5 rings (SSSR count). The second kappa shape index (κ2) is 7.92. The number of aryl methyl sites for hydroxylation is 3. The van der Waals surface area contributed by atoms with Gasteiger partial charge in [0.25, 0.3) is 0 Å². The molecular weight excluding hydrogens is 404 g/mol. The third-order valence-electron chi connectivity index (χ3n) is 5.16. The summed E-state index contributed by atoms with van der Waals surface area (Å²) < 4.78 is 5.71. The Kier molecular flexibility index (Phi) is 4.80. The van der Waals surface area contributed by atoms with Crippen LogP contribution in [0.5, 0.6) is 0 Å². The van der Waals surface area contributed by atoms with Gasteiger partial charge >= 0.3 is 0 Å². The normalized spacial score (nSPS) is 11.0. The summed E-state index contributed by atoms with van der Waals surface area (Å²) in [5, 5.41) is 19.0. The van der Waals surface area contributed by atoms with E-state index in [-0.39, 0.29) is 0 Å². The highest BCUT2D eigenvalue weighted by Crippen LogP contribution is 2.38. The smallest absolute Gasteiger partial charge is 0.181 e. The van der Waals surface area contributed by atoms with Crippen molar-refractivity contribution in [1.82, 2.24) is 29.9 Å². The molecule has 9 heteroatoms. The number of nitriles is 1. The Morgan fingerprint density at radius 2 is 2.03 bits per heavy atom. The van der Waals surface area contributed by atoms with Gasteiger partial charge < -0.3 is 10.2 Å². The highest BCUT2D eigenvalue weighted by Gasteiger charge is 2.23. The second-order valence-electron chi connectivity index (χ2n) is 7.27. The van der Waals surface area contributed by atoms with Gasteiger partial charge in [0, 0.05) is 29.6 Å². The van der Waals surface area contributed by atoms with Crippen LogP contribution in [-0.4, -0.2) is 29.9 Å². The summed E-state index contributed by atoms with van der Waals surface area (Å²) in [6.45, 7) is 2.40. The first-order valence-electron chi connectivity index (χ1n) is 9.98. The van der Waals surface area contributed by atoms with Gasteiger partial charge in [-0.15, -0.1) is 0 Å². The van der Waals surface area contributed by atoms with Gasteiger partial charge in [0.1, 0.15) is 11.0 Å². The predicted octanol–water partition coefficient (Wildman–Crippen LogP) is 3.55. The zero-order chi connectivity index (χ0) is 22.1. The van der Waals surface area contributed by atoms with E-state index in [0.717, 1.165) is 5.69 Å². The van der Waals surface area contributed by atoms with Crippen molar-refractivity contribution in [1.29, 1.82) is 5.26 Å². The molecule has 0 radical (unpaired) electrons. The molecule has 2 N–H and O–H groups in total. The first kappa shape index (κ1) is 19.4. The third kappa shape index (κ3) is 3.44. The molecule has 0 aliphatic heterocycles. The molecule has 0 spiro atoms. The van der Waals surface area contributed by atoms with Crippen molar-refractivity contribution in [2.75, 3.05) is 5.73 Å². The Labute approximate surface area is 183 Å². The fraction of sp³-hybridized carbons (Fsp3) is 0.130. The number of benzene rings is 1. The van der Waals surface area contributed by atoms with Gasteiger partial charge in [-0.3, -0.25) is 9.97 Å². The quantitative estimate of drug-likeness (QED) is 0.425. The molecule has 0 aliphatic carbocycles. The van der Waals surface area contributed by atoms with E-state index in [0.29, 0.717) is 63.5 Å². The predicted molar refractivity (Wildman–Crippen MR) is 118 cm³/mol. The first-order chi connectivity index (χ1) is 15.6. The van der Waals surface area contributed by atoms with Crippen LogP contribution in [0, 0.1) is 18.3 Å². The summed E-state index contributed by atoms with van der Waals surface area (Å²) in [5.41, 5.74) is 11.6. The molecule has 0 saturated heterocycles. The molecule has 1 aromatic carbocycles. The van der Waals surface area contributed by atoms with E-state index in [2.05, 4.69) is 26.1 Å². The van der Waals surface area contributed by atoms with Crippen LogP contribution in [0.1, 0.15) is 17.0 Å². The van der Waals surface area contributed by atoms with Crippen LogP contribution < -0.4 is 5.73 Å². The van der Waals surface area contributed by atoms with Gasteiger partial charge in [-0.1, -0.05) is 6.07 Å². The molecule has 0 unspecified atom stereocenters. The zero-order valence-corrected chi connectivity index (χ0v) is 17.2. The molecule has 5 aromatic rings. The average Bonchev–Trinajstić information content (AvgIpc) is 3.43. The van der Waals surface area contributed by atoms with E-state index in [1.165, 1.54) is 6.39 Å². The Morgan fingerprint density at radius 1 is 1.12 bits per heavy atom. The number of pyridine rings is 2. The van der Waals surface area contributed by atoms with Crippen LogP contribution in [0.4, 0.5) is 5.69 Å². The average molecular weight is 422 g/mol. The van der Waals surface area contributed by atoms with E-state index in [4.69, 9.17) is 15.2 Å². The van der Waals surface area contributed by atoms with Gasteiger partial charge in [0.2, 0.25) is 0 Å². The first-order valence-corrected chi connectivity index (χ1v) is 9.98. The summed E-state index contributed by atoms with van der Waals surface area (Å²) in [6, 6.07) is 13.1. The molecule has 9 nitrogen and oxygen atoms in total. The van der Waals surface area contributed by atoms with Crippen LogP contribution in [0.3, 0.4) is 0 Å². The van der Waals surface area contributed by atoms with E-state index < -0.39 is 0 Å². The van der Waals surface area contributed by atoms with E-state index in [1.54, 1.807) is 35.4 Å². The van der Waals surface area contributed by atoms with Crippen molar-refractivity contribution >= 4 is 16.7 Å². The molecule has 32 heavy (non-hydrogen) atoms. The molecule has 4 aromatic heterocycles. The standard InChI is InChI=1S/C23H18N8O/c1-14-23(32-13-28-14)20-21(18-10-16(25)6-5-15(18)11-24)27-12-19-22(20)30-31(29-19)9-7-17-4-2-3-8-26-17/h2-6,8,10,12-13H,7,9,25H2,1H3. The molecule has 0 fully saturated rings. The molecule has 0 amide bonds. The number of hydrogen-bond donors (Lipinski definition) is 1. The van der Waals surface area contributed by atoms with Crippen molar-refractivity contribution in [2.45, 2.75) is 19.9 Å². The van der Waals surface area contributed by atoms with E-state index >= 15 is 0 Å². The minimum absolute atomic E-state index is 0.451. The fourth-order valence-electron chi connectivity index (χ4n) is 3.61. The fourth-order valence-corrected chi connectivity index (χ4v) is 3.61. The van der Waals surface area contributed by atoms with Gasteiger partial charge in [-0.25, -0.2) is 4.98 Å². The summed E-state index contributed by atoms with van der Waals surface area (Å²) in [6.07, 6.45) is 5.48. The maximum atomic E-state index is 9.65. The van der Waals surface area contributed by atoms with Crippen molar-refractivity contribution in [3.63, 3.8) is 0 Å². The molecule has 0 atom stereocenters. The van der Waals surface area contributed by atoms with Crippen molar-refractivity contribution < 1.29 is 4.42 Å². The summed E-state index contributed by atoms with van der Waals surface area (Å²) in [5.74, 6) is 0.529. The number of nitrogen functional groups attached to an aromatic ring is 1. The zero-order valence-electron chi connectivity index (χ0n) is 17.2. The van der Waals surface area contributed by atoms with Crippen LogP contribution in [0.15, 0.2) is 59.6 Å². The summed E-state index contributed by atoms with van der Waals surface area (Å²) in [4.78, 5) is 14.8. The SMILES string of the molecule is Cc1ncoc1-c1c(-c2cc(N)ccc2C#N)ncc2nn(CCc3ccccn3)nc12. The topological polar surface area (TPSA) is 132 Å². The minimum Gasteiger partial charge on any atom is -0.443 e. The number of anilines is 1. The Hall–Kier alpha value is -4.58. The van der Waals surface area contributed by atoms with Gasteiger partial charge in [-0.2, -0.15) is 20.3 Å². The maximum absolute atomic E-state index is 9.65. The summed E-state index contributed by atoms with van der Waals surface area (Å²) >= 11 is 0. The molecule has 4 heterocycles. The number of nitrogens with two attached hydrogens (primary N) is 1. The maximum Gasteiger partial charge on any atom is 0.181 e. The Morgan fingerprint density at radius 3 is 2.78 bits per heavy atom. The third-order valence-corrected chi connectivity index (χ3v) is 5.16. The number of aromatic nitrogens is 6. The molecule has 0 bridgehead atoms. The van der Waals surface area contributed by atoms with Crippen molar-refractivity contribution in [3.05, 3.63) is 72.1 Å². The molecule has 0 aliphatic rings. The lowest BCUT2D eigenvalue weighted by atomic mass is 9.97. The van der Waals surface area contributed by atoms with Crippen molar-refractivity contribution in [3.8, 4) is 28.7 Å². The molecular formula is C23H18N8O.